The Morgan fingerprint density at radius 3 is 1.26 bits per heavy atom. The largest absolute Gasteiger partial charge is 0.480 e. The lowest BCUT2D eigenvalue weighted by Gasteiger charge is -2.45. The molecule has 0 bridgehead atoms. The number of azide groups is 2. The number of hydrogen-bond donors (Lipinski definition) is 16. The number of aliphatic hydroxyl groups excluding tert-OH is 14. The minimum Gasteiger partial charge on any atom is -0.480 e. The highest BCUT2D eigenvalue weighted by Crippen LogP contribution is 2.31. The standard InChI is InChI=1S/C20H35N3O13.C15H29NO11.C4H7N3O3/c21-23-22-4-6-32-9-10(26)3-1-2-5-33-19-17(31)15(29)18(12(8-25)35-19)36-20-16(30)14(28)13(27)11(7-24)34-20;16-2-1-3-24-14-12(23)10(21)13(7(5-18)26-14)27-15-11(22)9(20)8(19)6(4-17)25-15;5-7-6-1-2-10-3-4(8)9/h11-20,24-25,27-31H,1-9H2;6-15,17-23H,1-5,16H2;1-3H2,(H,8,9)/t11?,12?,13-,14-,15+,16?,17?,18+,19+,20-;6?,7?,8-,9-,10+,11?,12?,13+,14+,15-;/m00./s1. The fourth-order valence-corrected chi connectivity index (χ4v) is 7.01. The topological polar surface area (TPSA) is 553 Å². The summed E-state index contributed by atoms with van der Waals surface area (Å²) in [5, 5.41) is 153. The Kier molecular flexibility index (Phi) is 32.4. The van der Waals surface area contributed by atoms with Gasteiger partial charge < -0.3 is 130 Å². The van der Waals surface area contributed by atoms with E-state index in [9.17, 15) is 81.1 Å². The lowest BCUT2D eigenvalue weighted by Crippen LogP contribution is -2.64. The van der Waals surface area contributed by atoms with Gasteiger partial charge in [-0.1, -0.05) is 10.2 Å². The van der Waals surface area contributed by atoms with Gasteiger partial charge in [-0.2, -0.15) is 0 Å². The molecule has 8 unspecified atom stereocenters. The molecule has 0 radical (unpaired) electrons. The smallest absolute Gasteiger partial charge is 0.329 e. The predicted molar refractivity (Wildman–Crippen MR) is 235 cm³/mol. The second kappa shape index (κ2) is 35.9. The summed E-state index contributed by atoms with van der Waals surface area (Å²) in [5.41, 5.74) is 21.3. The SMILES string of the molecule is NCCCO[C@@H]1OC(CO)[C@@H](O[C@@H]2OC(CO)[C@H](O)[C@H](O)C2O)[C@H](O)C1O.[N-]=[N+]=NCCOCC(=O)CCCCO[C@@H]1OC(CO)[C@@H](O[C@@H]2OC(CO)[C@H](O)[C@H](O)C2O)[C@H](O)C1O.[N-]=[N+]=NCCOCC(=O)O. The number of unbranched alkanes of at least 4 members (excludes halogenated alkanes) is 1. The highest BCUT2D eigenvalue weighted by atomic mass is 16.8. The van der Waals surface area contributed by atoms with Crippen LogP contribution in [0.5, 0.6) is 0 Å². The third-order valence-electron chi connectivity index (χ3n) is 11.0. The number of hydrogen-bond acceptors (Lipinski definition) is 29. The fourth-order valence-electron chi connectivity index (χ4n) is 7.01. The minimum absolute atomic E-state index is 0.0653. The second-order valence-electron chi connectivity index (χ2n) is 16.3. The number of aliphatic hydroxyl groups is 14. The molecule has 73 heavy (non-hydrogen) atoms. The number of aliphatic carboxylic acids is 1. The molecule has 34 nitrogen and oxygen atoms in total. The number of carbonyl (C=O) groups is 2. The summed E-state index contributed by atoms with van der Waals surface area (Å²) in [4.78, 5) is 26.6. The highest BCUT2D eigenvalue weighted by Gasteiger charge is 2.52. The van der Waals surface area contributed by atoms with Crippen LogP contribution in [0.4, 0.5) is 0 Å². The molecule has 4 aliphatic rings. The van der Waals surface area contributed by atoms with E-state index in [1.165, 1.54) is 0 Å². The van der Waals surface area contributed by atoms with Gasteiger partial charge in [0, 0.05) is 35.9 Å². The van der Waals surface area contributed by atoms with E-state index in [2.05, 4.69) is 24.8 Å². The van der Waals surface area contributed by atoms with Gasteiger partial charge in [0.1, 0.15) is 111 Å². The zero-order valence-corrected chi connectivity index (χ0v) is 39.4. The van der Waals surface area contributed by atoms with Crippen LogP contribution in [0.15, 0.2) is 10.2 Å². The first kappa shape index (κ1) is 65.9. The molecular formula is C39H71N7O27. The third-order valence-corrected chi connectivity index (χ3v) is 11.0. The molecule has 4 aliphatic heterocycles. The average Bonchev–Trinajstić information content (AvgIpc) is 3.38. The number of carboxylic acid groups (broad SMARTS) is 1. The van der Waals surface area contributed by atoms with Crippen molar-refractivity contribution in [3.63, 3.8) is 0 Å². The number of nitrogens with two attached hydrogens (primary N) is 1. The Morgan fingerprint density at radius 2 is 0.877 bits per heavy atom. The van der Waals surface area contributed by atoms with Gasteiger partial charge in [-0.3, -0.25) is 4.79 Å². The number of Topliss-reactive ketones (excluding diaryl/α,β-unsaturated/α-hetero) is 1. The molecule has 20 atom stereocenters. The van der Waals surface area contributed by atoms with Gasteiger partial charge in [0.25, 0.3) is 0 Å². The number of carboxylic acids is 1. The van der Waals surface area contributed by atoms with Crippen molar-refractivity contribution in [1.82, 2.24) is 0 Å². The van der Waals surface area contributed by atoms with E-state index in [1.807, 2.05) is 0 Å². The molecule has 34 heteroatoms. The lowest BCUT2D eigenvalue weighted by atomic mass is 9.97. The molecule has 4 rings (SSSR count). The summed E-state index contributed by atoms with van der Waals surface area (Å²) in [6.07, 6.45) is -28.1. The van der Waals surface area contributed by atoms with E-state index in [1.54, 1.807) is 0 Å². The van der Waals surface area contributed by atoms with Crippen molar-refractivity contribution in [2.45, 2.75) is 149 Å². The average molecular weight is 1070 g/mol. The van der Waals surface area contributed by atoms with Crippen LogP contribution in [0.3, 0.4) is 0 Å². The zero-order chi connectivity index (χ0) is 54.6. The summed E-state index contributed by atoms with van der Waals surface area (Å²) < 4.78 is 52.6. The monoisotopic (exact) mass is 1070 g/mol. The summed E-state index contributed by atoms with van der Waals surface area (Å²) in [5.74, 6) is -1.17. The van der Waals surface area contributed by atoms with E-state index >= 15 is 0 Å². The molecule has 0 amide bonds. The van der Waals surface area contributed by atoms with Crippen molar-refractivity contribution in [3.8, 4) is 0 Å². The van der Waals surface area contributed by atoms with Crippen molar-refractivity contribution >= 4 is 11.8 Å². The first-order chi connectivity index (χ1) is 34.9. The van der Waals surface area contributed by atoms with Gasteiger partial charge >= 0.3 is 5.97 Å². The molecule has 4 fully saturated rings. The van der Waals surface area contributed by atoms with Gasteiger partial charge in [-0.05, 0) is 36.9 Å². The maximum Gasteiger partial charge on any atom is 0.329 e. The van der Waals surface area contributed by atoms with Gasteiger partial charge in [-0.25, -0.2) is 4.79 Å². The summed E-state index contributed by atoms with van der Waals surface area (Å²) >= 11 is 0. The number of nitrogens with zero attached hydrogens (tertiary/aromatic N) is 6. The molecule has 0 aromatic rings. The summed E-state index contributed by atoms with van der Waals surface area (Å²) in [6, 6.07) is 0. The third kappa shape index (κ3) is 21.4. The Balaban J connectivity index is 0.000000432. The van der Waals surface area contributed by atoms with Crippen LogP contribution in [-0.4, -0.2) is 297 Å². The van der Waals surface area contributed by atoms with Crippen molar-refractivity contribution in [3.05, 3.63) is 20.9 Å². The van der Waals surface area contributed by atoms with Crippen LogP contribution in [0.1, 0.15) is 25.7 Å². The fraction of sp³-hybridized carbons (Fsp3) is 0.949. The lowest BCUT2D eigenvalue weighted by molar-refractivity contribution is -0.359. The molecule has 0 saturated carbocycles. The van der Waals surface area contributed by atoms with E-state index < -0.39 is 155 Å². The van der Waals surface area contributed by atoms with Crippen LogP contribution in [0.2, 0.25) is 0 Å². The summed E-state index contributed by atoms with van der Waals surface area (Å²) in [6.45, 7) is -1.88. The van der Waals surface area contributed by atoms with Gasteiger partial charge in [0.2, 0.25) is 0 Å². The zero-order valence-electron chi connectivity index (χ0n) is 39.4. The quantitative estimate of drug-likeness (QED) is 0.0150. The van der Waals surface area contributed by atoms with E-state index in [-0.39, 0.29) is 64.9 Å². The highest BCUT2D eigenvalue weighted by molar-refractivity contribution is 5.79. The molecule has 0 aliphatic carbocycles. The maximum absolute atomic E-state index is 11.7. The number of rotatable bonds is 28. The molecule has 424 valence electrons. The van der Waals surface area contributed by atoms with Crippen LogP contribution >= 0.6 is 0 Å². The van der Waals surface area contributed by atoms with E-state index in [0.29, 0.717) is 25.8 Å². The van der Waals surface area contributed by atoms with Gasteiger partial charge in [-0.15, -0.1) is 0 Å². The van der Waals surface area contributed by atoms with Gasteiger partial charge in [0.05, 0.1) is 46.2 Å². The summed E-state index contributed by atoms with van der Waals surface area (Å²) in [7, 11) is 0. The molecule has 4 heterocycles. The van der Waals surface area contributed by atoms with E-state index in [0.717, 1.165) is 0 Å². The Morgan fingerprint density at radius 1 is 0.493 bits per heavy atom. The predicted octanol–water partition coefficient (Wildman–Crippen LogP) is -7.93. The molecule has 0 spiro atoms. The molecular weight excluding hydrogens is 998 g/mol. The Bertz CT molecular complexity index is 1630. The van der Waals surface area contributed by atoms with Crippen molar-refractivity contribution in [1.29, 1.82) is 0 Å². The van der Waals surface area contributed by atoms with Crippen molar-refractivity contribution < 1.29 is 134 Å². The number of carbonyl (C=O) groups excluding carboxylic acids is 1. The second-order valence-corrected chi connectivity index (χ2v) is 16.3. The van der Waals surface area contributed by atoms with Gasteiger partial charge in [0.15, 0.2) is 30.9 Å². The molecule has 0 aromatic carbocycles. The first-order valence-corrected chi connectivity index (χ1v) is 22.9. The normalized spacial score (nSPS) is 36.3. The number of ketones is 1. The van der Waals surface area contributed by atoms with Crippen LogP contribution in [0.25, 0.3) is 20.9 Å². The van der Waals surface area contributed by atoms with Crippen molar-refractivity contribution in [2.24, 2.45) is 16.0 Å². The minimum atomic E-state index is -1.75. The Hall–Kier alpha value is -3.24. The van der Waals surface area contributed by atoms with Crippen LogP contribution in [-0.2, 0) is 57.0 Å². The molecule has 4 saturated heterocycles. The van der Waals surface area contributed by atoms with Crippen molar-refractivity contribution in [2.75, 3.05) is 85.7 Å². The van der Waals surface area contributed by atoms with Crippen LogP contribution in [0, 0.1) is 0 Å². The Labute approximate surface area is 416 Å². The van der Waals surface area contributed by atoms with E-state index in [4.69, 9.17) is 64.5 Å². The van der Waals surface area contributed by atoms with Crippen LogP contribution < -0.4 is 5.73 Å². The number of ether oxygens (including phenoxy) is 10. The first-order valence-electron chi connectivity index (χ1n) is 22.9. The molecule has 17 N–H and O–H groups in total. The molecule has 0 aromatic heterocycles. The maximum atomic E-state index is 11.7.